The Morgan fingerprint density at radius 1 is 1.29 bits per heavy atom. The van der Waals surface area contributed by atoms with Crippen LogP contribution < -0.4 is 5.32 Å². The maximum Gasteiger partial charge on any atom is 0.289 e. The van der Waals surface area contributed by atoms with Gasteiger partial charge in [0.05, 0.1) is 6.26 Å². The number of likely N-dealkylation sites (tertiary alicyclic amines) is 1. The van der Waals surface area contributed by atoms with E-state index in [2.05, 4.69) is 12.2 Å². The Balaban J connectivity index is 1.48. The van der Waals surface area contributed by atoms with Gasteiger partial charge in [-0.05, 0) is 50.7 Å². The van der Waals surface area contributed by atoms with Gasteiger partial charge in [0.25, 0.3) is 5.91 Å². The van der Waals surface area contributed by atoms with Crippen molar-refractivity contribution in [1.29, 1.82) is 0 Å². The number of nitrogens with one attached hydrogen (secondary N) is 1. The van der Waals surface area contributed by atoms with Crippen molar-refractivity contribution in [2.24, 2.45) is 11.8 Å². The Morgan fingerprint density at radius 2 is 2.00 bits per heavy atom. The Hall–Kier alpha value is -1.78. The Kier molecular flexibility index (Phi) is 3.99. The molecule has 0 aromatic carbocycles. The summed E-state index contributed by atoms with van der Waals surface area (Å²) >= 11 is 0. The Labute approximate surface area is 124 Å². The number of rotatable bonds is 4. The van der Waals surface area contributed by atoms with Crippen molar-refractivity contribution in [2.75, 3.05) is 13.1 Å². The van der Waals surface area contributed by atoms with Crippen LogP contribution in [0, 0.1) is 11.8 Å². The summed E-state index contributed by atoms with van der Waals surface area (Å²) in [6, 6.07) is 3.69. The molecule has 1 unspecified atom stereocenters. The van der Waals surface area contributed by atoms with Crippen LogP contribution in [0.3, 0.4) is 0 Å². The fraction of sp³-hybridized carbons (Fsp3) is 0.625. The number of nitrogens with zero attached hydrogens (tertiary/aromatic N) is 1. The van der Waals surface area contributed by atoms with E-state index in [1.165, 1.54) is 19.1 Å². The van der Waals surface area contributed by atoms with E-state index in [-0.39, 0.29) is 17.7 Å². The van der Waals surface area contributed by atoms with Crippen LogP contribution in [0.25, 0.3) is 0 Å². The largest absolute Gasteiger partial charge is 0.459 e. The summed E-state index contributed by atoms with van der Waals surface area (Å²) in [5.41, 5.74) is 0. The SMILES string of the molecule is CC(NC(=O)C1CCN(C(=O)c2ccco2)CC1)C1CC1. The molecule has 5 nitrogen and oxygen atoms in total. The van der Waals surface area contributed by atoms with E-state index in [1.54, 1.807) is 17.0 Å². The van der Waals surface area contributed by atoms with Gasteiger partial charge in [-0.1, -0.05) is 0 Å². The monoisotopic (exact) mass is 290 g/mol. The van der Waals surface area contributed by atoms with Gasteiger partial charge >= 0.3 is 0 Å². The standard InChI is InChI=1S/C16H22N2O3/c1-11(12-4-5-12)17-15(19)13-6-8-18(9-7-13)16(20)14-3-2-10-21-14/h2-3,10-13H,4-9H2,1H3,(H,17,19). The number of carbonyl (C=O) groups is 2. The molecule has 5 heteroatoms. The highest BCUT2D eigenvalue weighted by Gasteiger charge is 2.32. The zero-order valence-corrected chi connectivity index (χ0v) is 12.4. The summed E-state index contributed by atoms with van der Waals surface area (Å²) < 4.78 is 5.14. The zero-order chi connectivity index (χ0) is 14.8. The minimum absolute atomic E-state index is 0.0341. The first-order chi connectivity index (χ1) is 10.1. The van der Waals surface area contributed by atoms with Crippen molar-refractivity contribution < 1.29 is 14.0 Å². The second-order valence-corrected chi connectivity index (χ2v) is 6.18. The predicted molar refractivity (Wildman–Crippen MR) is 77.7 cm³/mol. The average Bonchev–Trinajstić information content (AvgIpc) is 3.22. The van der Waals surface area contributed by atoms with Crippen molar-refractivity contribution in [1.82, 2.24) is 10.2 Å². The fourth-order valence-electron chi connectivity index (χ4n) is 2.96. The minimum atomic E-state index is -0.0785. The molecule has 1 aromatic rings. The van der Waals surface area contributed by atoms with Crippen LogP contribution in [0.15, 0.2) is 22.8 Å². The molecule has 2 amide bonds. The average molecular weight is 290 g/mol. The Bertz CT molecular complexity index is 500. The van der Waals surface area contributed by atoms with Gasteiger partial charge in [0.1, 0.15) is 0 Å². The van der Waals surface area contributed by atoms with Gasteiger partial charge in [0.15, 0.2) is 5.76 Å². The number of carbonyl (C=O) groups excluding carboxylic acids is 2. The highest BCUT2D eigenvalue weighted by Crippen LogP contribution is 2.32. The van der Waals surface area contributed by atoms with Crippen LogP contribution >= 0.6 is 0 Å². The molecule has 0 bridgehead atoms. The maximum atomic E-state index is 12.2. The van der Waals surface area contributed by atoms with Crippen LogP contribution in [0.4, 0.5) is 0 Å². The zero-order valence-electron chi connectivity index (χ0n) is 12.4. The number of furan rings is 1. The van der Waals surface area contributed by atoms with E-state index in [4.69, 9.17) is 4.42 Å². The molecule has 21 heavy (non-hydrogen) atoms. The van der Waals surface area contributed by atoms with Crippen LogP contribution in [-0.4, -0.2) is 35.8 Å². The summed E-state index contributed by atoms with van der Waals surface area (Å²) in [5, 5.41) is 3.12. The second kappa shape index (κ2) is 5.92. The molecule has 1 aliphatic heterocycles. The van der Waals surface area contributed by atoms with Gasteiger partial charge < -0.3 is 14.6 Å². The van der Waals surface area contributed by atoms with Crippen LogP contribution in [0.5, 0.6) is 0 Å². The lowest BCUT2D eigenvalue weighted by molar-refractivity contribution is -0.127. The molecule has 1 N–H and O–H groups in total. The molecule has 1 saturated heterocycles. The summed E-state index contributed by atoms with van der Waals surface area (Å²) in [6.45, 7) is 3.33. The third-order valence-corrected chi connectivity index (χ3v) is 4.58. The molecule has 2 fully saturated rings. The van der Waals surface area contributed by atoms with Gasteiger partial charge in [0.2, 0.25) is 5.91 Å². The van der Waals surface area contributed by atoms with Crippen molar-refractivity contribution >= 4 is 11.8 Å². The first-order valence-electron chi connectivity index (χ1n) is 7.78. The summed E-state index contributed by atoms with van der Waals surface area (Å²) in [7, 11) is 0. The van der Waals surface area contributed by atoms with Crippen LogP contribution in [-0.2, 0) is 4.79 Å². The summed E-state index contributed by atoms with van der Waals surface area (Å²) in [4.78, 5) is 26.1. The first-order valence-corrected chi connectivity index (χ1v) is 7.78. The number of hydrogen-bond acceptors (Lipinski definition) is 3. The van der Waals surface area contributed by atoms with Gasteiger partial charge in [-0.3, -0.25) is 9.59 Å². The fourth-order valence-corrected chi connectivity index (χ4v) is 2.96. The van der Waals surface area contributed by atoms with Gasteiger partial charge in [-0.2, -0.15) is 0 Å². The molecule has 1 saturated carbocycles. The minimum Gasteiger partial charge on any atom is -0.459 e. The molecular weight excluding hydrogens is 268 g/mol. The maximum absolute atomic E-state index is 12.2. The topological polar surface area (TPSA) is 62.6 Å². The first kappa shape index (κ1) is 14.2. The normalized spacial score (nSPS) is 21.1. The van der Waals surface area contributed by atoms with Gasteiger partial charge in [-0.15, -0.1) is 0 Å². The third-order valence-electron chi connectivity index (χ3n) is 4.58. The molecule has 1 atom stereocenters. The lowest BCUT2D eigenvalue weighted by Gasteiger charge is -2.31. The van der Waals surface area contributed by atoms with Crippen LogP contribution in [0.2, 0.25) is 0 Å². The van der Waals surface area contributed by atoms with E-state index < -0.39 is 0 Å². The van der Waals surface area contributed by atoms with Crippen molar-refractivity contribution in [3.05, 3.63) is 24.2 Å². The van der Waals surface area contributed by atoms with E-state index in [1.807, 2.05) is 0 Å². The molecule has 1 aliphatic carbocycles. The molecule has 2 aliphatic rings. The lowest BCUT2D eigenvalue weighted by Crippen LogP contribution is -2.45. The van der Waals surface area contributed by atoms with Crippen LogP contribution in [0.1, 0.15) is 43.2 Å². The smallest absolute Gasteiger partial charge is 0.289 e. The van der Waals surface area contributed by atoms with Crippen molar-refractivity contribution in [3.63, 3.8) is 0 Å². The third kappa shape index (κ3) is 3.28. The van der Waals surface area contributed by atoms with E-state index in [0.717, 1.165) is 12.8 Å². The lowest BCUT2D eigenvalue weighted by atomic mass is 9.95. The summed E-state index contributed by atoms with van der Waals surface area (Å²) in [5.74, 6) is 1.16. The molecule has 0 spiro atoms. The molecule has 1 aromatic heterocycles. The van der Waals surface area contributed by atoms with E-state index in [9.17, 15) is 9.59 Å². The highest BCUT2D eigenvalue weighted by molar-refractivity contribution is 5.91. The molecular formula is C16H22N2O3. The van der Waals surface area contributed by atoms with Gasteiger partial charge in [-0.25, -0.2) is 0 Å². The van der Waals surface area contributed by atoms with Crippen molar-refractivity contribution in [2.45, 2.75) is 38.6 Å². The quantitative estimate of drug-likeness (QED) is 0.923. The number of hydrogen-bond donors (Lipinski definition) is 1. The van der Waals surface area contributed by atoms with E-state index in [0.29, 0.717) is 30.8 Å². The highest BCUT2D eigenvalue weighted by atomic mass is 16.3. The summed E-state index contributed by atoms with van der Waals surface area (Å²) in [6.07, 6.45) is 5.44. The molecule has 114 valence electrons. The second-order valence-electron chi connectivity index (χ2n) is 6.18. The predicted octanol–water partition coefficient (Wildman–Crippen LogP) is 2.05. The molecule has 2 heterocycles. The van der Waals surface area contributed by atoms with Gasteiger partial charge in [0, 0.05) is 25.0 Å². The van der Waals surface area contributed by atoms with E-state index >= 15 is 0 Å². The number of amides is 2. The molecule has 3 rings (SSSR count). The Morgan fingerprint density at radius 3 is 2.57 bits per heavy atom. The van der Waals surface area contributed by atoms with Crippen molar-refractivity contribution in [3.8, 4) is 0 Å². The number of piperidine rings is 1. The molecule has 0 radical (unpaired) electrons.